The third-order valence-corrected chi connectivity index (χ3v) is 4.05. The summed E-state index contributed by atoms with van der Waals surface area (Å²) in [7, 11) is 0. The molecule has 2 N–H and O–H groups in total. The van der Waals surface area contributed by atoms with Gasteiger partial charge in [0.05, 0.1) is 15.2 Å². The SMILES string of the molecule is Clc1cccc(NC2CCNCC2)c1Br. The van der Waals surface area contributed by atoms with Crippen LogP contribution in [0.3, 0.4) is 0 Å². The van der Waals surface area contributed by atoms with Crippen LogP contribution in [0.1, 0.15) is 12.8 Å². The molecule has 0 aliphatic carbocycles. The van der Waals surface area contributed by atoms with Gasteiger partial charge in [0.25, 0.3) is 0 Å². The van der Waals surface area contributed by atoms with Crippen LogP contribution >= 0.6 is 27.5 Å². The molecule has 15 heavy (non-hydrogen) atoms. The van der Waals surface area contributed by atoms with Crippen molar-refractivity contribution in [2.24, 2.45) is 0 Å². The Hall–Kier alpha value is -0.250. The summed E-state index contributed by atoms with van der Waals surface area (Å²) in [6.07, 6.45) is 2.33. The Balaban J connectivity index is 2.06. The normalized spacial score (nSPS) is 17.7. The van der Waals surface area contributed by atoms with E-state index in [4.69, 9.17) is 11.6 Å². The molecule has 1 fully saturated rings. The van der Waals surface area contributed by atoms with Gasteiger partial charge in [-0.05, 0) is 54.0 Å². The number of nitrogens with one attached hydrogen (secondary N) is 2. The van der Waals surface area contributed by atoms with E-state index in [1.54, 1.807) is 0 Å². The van der Waals surface area contributed by atoms with Gasteiger partial charge in [-0.1, -0.05) is 17.7 Å². The lowest BCUT2D eigenvalue weighted by Crippen LogP contribution is -2.35. The van der Waals surface area contributed by atoms with Crippen LogP contribution in [0.4, 0.5) is 5.69 Å². The van der Waals surface area contributed by atoms with Gasteiger partial charge in [-0.25, -0.2) is 0 Å². The van der Waals surface area contributed by atoms with Gasteiger partial charge in [-0.15, -0.1) is 0 Å². The molecule has 1 aromatic rings. The van der Waals surface area contributed by atoms with Crippen LogP contribution in [0.2, 0.25) is 5.02 Å². The molecule has 2 nitrogen and oxygen atoms in total. The molecular formula is C11H14BrClN2. The van der Waals surface area contributed by atoms with E-state index >= 15 is 0 Å². The highest BCUT2D eigenvalue weighted by molar-refractivity contribution is 9.10. The second-order valence-electron chi connectivity index (χ2n) is 3.77. The molecule has 0 unspecified atom stereocenters. The Morgan fingerprint density at radius 3 is 2.80 bits per heavy atom. The molecule has 1 aliphatic rings. The minimum absolute atomic E-state index is 0.556. The molecule has 0 atom stereocenters. The molecule has 0 spiro atoms. The van der Waals surface area contributed by atoms with Gasteiger partial charge in [-0.3, -0.25) is 0 Å². The van der Waals surface area contributed by atoms with Crippen molar-refractivity contribution in [2.45, 2.75) is 18.9 Å². The molecule has 1 aromatic carbocycles. The van der Waals surface area contributed by atoms with Crippen molar-refractivity contribution < 1.29 is 0 Å². The standard InChI is InChI=1S/C11H14BrClN2/c12-11-9(13)2-1-3-10(11)15-8-4-6-14-7-5-8/h1-3,8,14-15H,4-7H2. The molecule has 4 heteroatoms. The zero-order valence-corrected chi connectivity index (χ0v) is 10.7. The Kier molecular flexibility index (Phi) is 3.89. The summed E-state index contributed by atoms with van der Waals surface area (Å²) in [5.41, 5.74) is 1.09. The maximum atomic E-state index is 6.03. The van der Waals surface area contributed by atoms with Gasteiger partial charge in [0.1, 0.15) is 0 Å². The average molecular weight is 290 g/mol. The number of hydrogen-bond acceptors (Lipinski definition) is 2. The van der Waals surface area contributed by atoms with Crippen molar-refractivity contribution in [3.8, 4) is 0 Å². The minimum atomic E-state index is 0.556. The van der Waals surface area contributed by atoms with Gasteiger partial charge in [0.2, 0.25) is 0 Å². The molecule has 1 aliphatic heterocycles. The molecule has 0 aromatic heterocycles. The molecule has 1 heterocycles. The first-order valence-corrected chi connectivity index (χ1v) is 6.36. The third-order valence-electron chi connectivity index (χ3n) is 2.65. The zero-order valence-electron chi connectivity index (χ0n) is 8.39. The average Bonchev–Trinajstić information content (AvgIpc) is 2.26. The maximum Gasteiger partial charge on any atom is 0.0593 e. The number of piperidine rings is 1. The summed E-state index contributed by atoms with van der Waals surface area (Å²) in [5.74, 6) is 0. The van der Waals surface area contributed by atoms with Gasteiger partial charge >= 0.3 is 0 Å². The molecule has 0 amide bonds. The van der Waals surface area contributed by atoms with Crippen LogP contribution in [0, 0.1) is 0 Å². The molecule has 0 saturated carbocycles. The van der Waals surface area contributed by atoms with Crippen LogP contribution < -0.4 is 10.6 Å². The van der Waals surface area contributed by atoms with E-state index in [0.717, 1.165) is 28.3 Å². The number of hydrogen-bond donors (Lipinski definition) is 2. The molecule has 2 rings (SSSR count). The molecule has 82 valence electrons. The number of benzene rings is 1. The zero-order chi connectivity index (χ0) is 10.7. The highest BCUT2D eigenvalue weighted by atomic mass is 79.9. The highest BCUT2D eigenvalue weighted by Gasteiger charge is 2.14. The number of rotatable bonds is 2. The number of halogens is 2. The Labute approximate surface area is 104 Å². The van der Waals surface area contributed by atoms with Crippen LogP contribution in [0.5, 0.6) is 0 Å². The minimum Gasteiger partial charge on any atom is -0.381 e. The fraction of sp³-hybridized carbons (Fsp3) is 0.455. The quantitative estimate of drug-likeness (QED) is 0.873. The monoisotopic (exact) mass is 288 g/mol. The smallest absolute Gasteiger partial charge is 0.0593 e. The van der Waals surface area contributed by atoms with Crippen LogP contribution in [-0.4, -0.2) is 19.1 Å². The van der Waals surface area contributed by atoms with Gasteiger partial charge in [0.15, 0.2) is 0 Å². The molecular weight excluding hydrogens is 275 g/mol. The van der Waals surface area contributed by atoms with Crippen LogP contribution in [-0.2, 0) is 0 Å². The molecule has 1 saturated heterocycles. The first kappa shape index (κ1) is 11.2. The summed E-state index contributed by atoms with van der Waals surface area (Å²) >= 11 is 9.53. The Bertz CT molecular complexity index is 337. The van der Waals surface area contributed by atoms with E-state index in [1.165, 1.54) is 12.8 Å². The van der Waals surface area contributed by atoms with Crippen molar-refractivity contribution in [1.29, 1.82) is 0 Å². The van der Waals surface area contributed by atoms with Crippen molar-refractivity contribution >= 4 is 33.2 Å². The predicted octanol–water partition coefficient (Wildman–Crippen LogP) is 3.27. The summed E-state index contributed by atoms with van der Waals surface area (Å²) < 4.78 is 0.963. The summed E-state index contributed by atoms with van der Waals surface area (Å²) in [6.45, 7) is 2.19. The first-order valence-electron chi connectivity index (χ1n) is 5.18. The lowest BCUT2D eigenvalue weighted by Gasteiger charge is -2.25. The van der Waals surface area contributed by atoms with Crippen molar-refractivity contribution in [1.82, 2.24) is 5.32 Å². The van der Waals surface area contributed by atoms with E-state index in [2.05, 4.69) is 32.6 Å². The van der Waals surface area contributed by atoms with E-state index in [0.29, 0.717) is 6.04 Å². The van der Waals surface area contributed by atoms with E-state index < -0.39 is 0 Å². The lowest BCUT2D eigenvalue weighted by atomic mass is 10.1. The van der Waals surface area contributed by atoms with E-state index in [9.17, 15) is 0 Å². The lowest BCUT2D eigenvalue weighted by molar-refractivity contribution is 0.479. The fourth-order valence-corrected chi connectivity index (χ4v) is 2.35. The Morgan fingerprint density at radius 2 is 2.07 bits per heavy atom. The molecule has 0 radical (unpaired) electrons. The fourth-order valence-electron chi connectivity index (χ4n) is 1.80. The number of anilines is 1. The van der Waals surface area contributed by atoms with Crippen molar-refractivity contribution in [3.63, 3.8) is 0 Å². The summed E-state index contributed by atoms with van der Waals surface area (Å²) in [6, 6.07) is 6.47. The van der Waals surface area contributed by atoms with Gasteiger partial charge < -0.3 is 10.6 Å². The van der Waals surface area contributed by atoms with Gasteiger partial charge in [0, 0.05) is 6.04 Å². The van der Waals surface area contributed by atoms with Crippen LogP contribution in [0.15, 0.2) is 22.7 Å². The van der Waals surface area contributed by atoms with E-state index in [1.807, 2.05) is 12.1 Å². The Morgan fingerprint density at radius 1 is 1.33 bits per heavy atom. The second-order valence-corrected chi connectivity index (χ2v) is 4.97. The molecule has 0 bridgehead atoms. The largest absolute Gasteiger partial charge is 0.381 e. The predicted molar refractivity (Wildman–Crippen MR) is 68.7 cm³/mol. The maximum absolute atomic E-state index is 6.03. The van der Waals surface area contributed by atoms with E-state index in [-0.39, 0.29) is 0 Å². The second kappa shape index (κ2) is 5.19. The summed E-state index contributed by atoms with van der Waals surface area (Å²) in [4.78, 5) is 0. The van der Waals surface area contributed by atoms with Crippen LogP contribution in [0.25, 0.3) is 0 Å². The summed E-state index contributed by atoms with van der Waals surface area (Å²) in [5, 5.41) is 7.63. The first-order chi connectivity index (χ1) is 7.27. The van der Waals surface area contributed by atoms with Gasteiger partial charge in [-0.2, -0.15) is 0 Å². The van der Waals surface area contributed by atoms with Crippen molar-refractivity contribution in [3.05, 3.63) is 27.7 Å². The van der Waals surface area contributed by atoms with Crippen molar-refractivity contribution in [2.75, 3.05) is 18.4 Å². The third kappa shape index (κ3) is 2.86. The topological polar surface area (TPSA) is 24.1 Å². The highest BCUT2D eigenvalue weighted by Crippen LogP contribution is 2.31.